The van der Waals surface area contributed by atoms with Crippen LogP contribution in [0, 0.1) is 6.92 Å². The van der Waals surface area contributed by atoms with Crippen molar-refractivity contribution in [3.8, 4) is 0 Å². The molecule has 0 bridgehead atoms. The predicted octanol–water partition coefficient (Wildman–Crippen LogP) is 1.35. The first-order valence-electron chi connectivity index (χ1n) is 5.16. The minimum Gasteiger partial charge on any atom is -0.396 e. The third-order valence-corrected chi connectivity index (χ3v) is 3.35. The zero-order chi connectivity index (χ0) is 11.3. The third kappa shape index (κ3) is 3.59. The van der Waals surface area contributed by atoms with Crippen LogP contribution in [-0.4, -0.2) is 28.0 Å². The number of unbranched alkanes of at least 4 members (excludes halogenated alkanes) is 1. The van der Waals surface area contributed by atoms with Gasteiger partial charge in [0.25, 0.3) is 0 Å². The standard InChI is InChI=1S/C10H18BrN3O/c1-8-10(11)9(14(2)13-8)7-12-5-3-4-6-15/h12,15H,3-7H2,1-2H3. The van der Waals surface area contributed by atoms with Gasteiger partial charge in [-0.15, -0.1) is 0 Å². The molecule has 15 heavy (non-hydrogen) atoms. The molecule has 1 aromatic heterocycles. The van der Waals surface area contributed by atoms with Gasteiger partial charge >= 0.3 is 0 Å². The molecule has 1 aromatic rings. The Balaban J connectivity index is 2.37. The number of halogens is 1. The number of aromatic nitrogens is 2. The van der Waals surface area contributed by atoms with E-state index in [0.29, 0.717) is 0 Å². The van der Waals surface area contributed by atoms with E-state index in [-0.39, 0.29) is 6.61 Å². The molecule has 0 saturated carbocycles. The monoisotopic (exact) mass is 275 g/mol. The summed E-state index contributed by atoms with van der Waals surface area (Å²) >= 11 is 3.52. The number of nitrogens with one attached hydrogen (secondary N) is 1. The predicted molar refractivity (Wildman–Crippen MR) is 63.7 cm³/mol. The van der Waals surface area contributed by atoms with Crippen LogP contribution in [0.25, 0.3) is 0 Å². The topological polar surface area (TPSA) is 50.1 Å². The Bertz CT molecular complexity index is 312. The molecule has 0 aromatic carbocycles. The summed E-state index contributed by atoms with van der Waals surface area (Å²) in [5, 5.41) is 16.3. The van der Waals surface area contributed by atoms with Gasteiger partial charge in [-0.25, -0.2) is 0 Å². The zero-order valence-corrected chi connectivity index (χ0v) is 10.8. The van der Waals surface area contributed by atoms with Gasteiger partial charge in [0.1, 0.15) is 0 Å². The molecule has 0 aliphatic rings. The summed E-state index contributed by atoms with van der Waals surface area (Å²) in [6, 6.07) is 0. The Morgan fingerprint density at radius 2 is 2.20 bits per heavy atom. The SMILES string of the molecule is Cc1nn(C)c(CNCCCCO)c1Br. The summed E-state index contributed by atoms with van der Waals surface area (Å²) in [6.07, 6.45) is 1.86. The summed E-state index contributed by atoms with van der Waals surface area (Å²) in [5.74, 6) is 0. The Morgan fingerprint density at radius 3 is 2.73 bits per heavy atom. The number of hydrogen-bond donors (Lipinski definition) is 2. The maximum Gasteiger partial charge on any atom is 0.0739 e. The fourth-order valence-corrected chi connectivity index (χ4v) is 1.92. The van der Waals surface area contributed by atoms with Gasteiger partial charge in [0.15, 0.2) is 0 Å². The van der Waals surface area contributed by atoms with Crippen molar-refractivity contribution >= 4 is 15.9 Å². The van der Waals surface area contributed by atoms with Crippen LogP contribution in [0.5, 0.6) is 0 Å². The lowest BCUT2D eigenvalue weighted by Gasteiger charge is -2.05. The summed E-state index contributed by atoms with van der Waals surface area (Å²) in [7, 11) is 1.95. The summed E-state index contributed by atoms with van der Waals surface area (Å²) < 4.78 is 2.97. The van der Waals surface area contributed by atoms with Crippen LogP contribution >= 0.6 is 15.9 Å². The molecule has 0 aliphatic heterocycles. The first-order valence-corrected chi connectivity index (χ1v) is 5.95. The maximum atomic E-state index is 8.62. The molecule has 4 nitrogen and oxygen atoms in total. The van der Waals surface area contributed by atoms with E-state index in [1.165, 1.54) is 0 Å². The highest BCUT2D eigenvalue weighted by Crippen LogP contribution is 2.19. The molecule has 5 heteroatoms. The lowest BCUT2D eigenvalue weighted by molar-refractivity contribution is 0.283. The molecule has 2 N–H and O–H groups in total. The molecule has 0 saturated heterocycles. The van der Waals surface area contributed by atoms with Gasteiger partial charge in [-0.1, -0.05) is 0 Å². The molecule has 1 rings (SSSR count). The molecule has 0 aliphatic carbocycles. The van der Waals surface area contributed by atoms with E-state index < -0.39 is 0 Å². The van der Waals surface area contributed by atoms with Crippen LogP contribution in [-0.2, 0) is 13.6 Å². The normalized spacial score (nSPS) is 10.9. The lowest BCUT2D eigenvalue weighted by Crippen LogP contribution is -2.17. The maximum absolute atomic E-state index is 8.62. The Morgan fingerprint density at radius 1 is 1.47 bits per heavy atom. The lowest BCUT2D eigenvalue weighted by atomic mass is 10.3. The van der Waals surface area contributed by atoms with E-state index in [1.807, 2.05) is 18.7 Å². The fourth-order valence-electron chi connectivity index (χ4n) is 1.44. The third-order valence-electron chi connectivity index (χ3n) is 2.32. The highest BCUT2D eigenvalue weighted by molar-refractivity contribution is 9.10. The largest absolute Gasteiger partial charge is 0.396 e. The van der Waals surface area contributed by atoms with Crippen molar-refractivity contribution in [2.24, 2.45) is 7.05 Å². The molecule has 0 spiro atoms. The van der Waals surface area contributed by atoms with Gasteiger partial charge in [0.2, 0.25) is 0 Å². The number of aliphatic hydroxyl groups excluding tert-OH is 1. The first kappa shape index (κ1) is 12.7. The van der Waals surface area contributed by atoms with Gasteiger partial charge in [-0.2, -0.15) is 5.10 Å². The quantitative estimate of drug-likeness (QED) is 0.771. The van der Waals surface area contributed by atoms with Crippen LogP contribution in [0.1, 0.15) is 24.2 Å². The number of hydrogen-bond acceptors (Lipinski definition) is 3. The number of aryl methyl sites for hydroxylation is 2. The highest BCUT2D eigenvalue weighted by Gasteiger charge is 2.09. The van der Waals surface area contributed by atoms with Crippen molar-refractivity contribution in [1.29, 1.82) is 0 Å². The molecular formula is C10H18BrN3O. The van der Waals surface area contributed by atoms with E-state index in [1.54, 1.807) is 0 Å². The van der Waals surface area contributed by atoms with Gasteiger partial charge in [0.05, 0.1) is 15.9 Å². The summed E-state index contributed by atoms with van der Waals surface area (Å²) in [4.78, 5) is 0. The van der Waals surface area contributed by atoms with Gasteiger partial charge < -0.3 is 10.4 Å². The fraction of sp³-hybridized carbons (Fsp3) is 0.700. The Labute approximate surface area is 98.8 Å². The summed E-state index contributed by atoms with van der Waals surface area (Å²) in [6.45, 7) is 4.00. The first-order chi connectivity index (χ1) is 7.16. The van der Waals surface area contributed by atoms with E-state index in [2.05, 4.69) is 26.3 Å². The molecular weight excluding hydrogens is 258 g/mol. The van der Waals surface area contributed by atoms with Crippen molar-refractivity contribution in [2.75, 3.05) is 13.2 Å². The summed E-state index contributed by atoms with van der Waals surface area (Å²) in [5.41, 5.74) is 2.18. The van der Waals surface area contributed by atoms with Crippen molar-refractivity contribution in [3.63, 3.8) is 0 Å². The average molecular weight is 276 g/mol. The average Bonchev–Trinajstić information content (AvgIpc) is 2.44. The molecule has 86 valence electrons. The number of aliphatic hydroxyl groups is 1. The molecule has 0 fully saturated rings. The minimum atomic E-state index is 0.274. The van der Waals surface area contributed by atoms with Gasteiger partial charge in [-0.05, 0) is 42.2 Å². The minimum absolute atomic E-state index is 0.274. The van der Waals surface area contributed by atoms with E-state index >= 15 is 0 Å². The van der Waals surface area contributed by atoms with E-state index in [0.717, 1.165) is 41.8 Å². The Hall–Kier alpha value is -0.390. The van der Waals surface area contributed by atoms with Crippen LogP contribution in [0.4, 0.5) is 0 Å². The second-order valence-corrected chi connectivity index (χ2v) is 4.37. The van der Waals surface area contributed by atoms with Crippen molar-refractivity contribution in [1.82, 2.24) is 15.1 Å². The molecule has 0 atom stereocenters. The van der Waals surface area contributed by atoms with E-state index in [9.17, 15) is 0 Å². The molecule has 1 heterocycles. The molecule has 0 radical (unpaired) electrons. The Kier molecular flexibility index (Phi) is 5.28. The van der Waals surface area contributed by atoms with Gasteiger partial charge in [-0.3, -0.25) is 4.68 Å². The second kappa shape index (κ2) is 6.25. The molecule has 0 unspecified atom stereocenters. The van der Waals surface area contributed by atoms with Crippen LogP contribution in [0.15, 0.2) is 4.47 Å². The van der Waals surface area contributed by atoms with Crippen molar-refractivity contribution in [3.05, 3.63) is 15.9 Å². The van der Waals surface area contributed by atoms with Crippen LogP contribution in [0.3, 0.4) is 0 Å². The van der Waals surface area contributed by atoms with Crippen LogP contribution < -0.4 is 5.32 Å². The zero-order valence-electron chi connectivity index (χ0n) is 9.26. The number of nitrogens with zero attached hydrogens (tertiary/aromatic N) is 2. The number of rotatable bonds is 6. The smallest absolute Gasteiger partial charge is 0.0739 e. The second-order valence-electron chi connectivity index (χ2n) is 3.58. The van der Waals surface area contributed by atoms with Crippen molar-refractivity contribution in [2.45, 2.75) is 26.3 Å². The highest BCUT2D eigenvalue weighted by atomic mass is 79.9. The van der Waals surface area contributed by atoms with Gasteiger partial charge in [0, 0.05) is 20.2 Å². The van der Waals surface area contributed by atoms with Crippen LogP contribution in [0.2, 0.25) is 0 Å². The van der Waals surface area contributed by atoms with E-state index in [4.69, 9.17) is 5.11 Å². The van der Waals surface area contributed by atoms with Crippen molar-refractivity contribution < 1.29 is 5.11 Å². The molecule has 0 amide bonds.